The fraction of sp³-hybridized carbons (Fsp3) is 0.367. The average Bonchev–Trinajstić information content (AvgIpc) is 2.88. The topological polar surface area (TPSA) is 63.2 Å². The minimum atomic E-state index is 0.184. The second kappa shape index (κ2) is 11.1. The molecular formula is C30H34ClN5O. The van der Waals surface area contributed by atoms with Crippen molar-refractivity contribution in [1.82, 2.24) is 19.9 Å². The quantitative estimate of drug-likeness (QED) is 0.280. The van der Waals surface area contributed by atoms with E-state index in [1.807, 2.05) is 24.3 Å². The number of fused-ring (bicyclic) bond motifs is 1. The van der Waals surface area contributed by atoms with Gasteiger partial charge in [-0.05, 0) is 68.1 Å². The van der Waals surface area contributed by atoms with Crippen molar-refractivity contribution in [2.24, 2.45) is 0 Å². The van der Waals surface area contributed by atoms with Crippen LogP contribution in [0.5, 0.6) is 0 Å². The lowest BCUT2D eigenvalue weighted by atomic mass is 9.98. The molecule has 0 saturated carbocycles. The van der Waals surface area contributed by atoms with Crippen LogP contribution in [-0.2, 0) is 11.3 Å². The number of hydrogen-bond acceptors (Lipinski definition) is 6. The molecule has 0 radical (unpaired) electrons. The van der Waals surface area contributed by atoms with Crippen LogP contribution in [-0.4, -0.2) is 45.1 Å². The van der Waals surface area contributed by atoms with Gasteiger partial charge in [-0.1, -0.05) is 43.6 Å². The van der Waals surface area contributed by atoms with Crippen molar-refractivity contribution in [3.05, 3.63) is 77.2 Å². The molecule has 2 aromatic heterocycles. The molecule has 0 spiro atoms. The van der Waals surface area contributed by atoms with E-state index in [1.54, 1.807) is 6.20 Å². The van der Waals surface area contributed by atoms with E-state index < -0.39 is 0 Å². The van der Waals surface area contributed by atoms with Gasteiger partial charge in [0.05, 0.1) is 35.0 Å². The van der Waals surface area contributed by atoms with E-state index in [0.29, 0.717) is 17.5 Å². The van der Waals surface area contributed by atoms with Crippen LogP contribution in [0.25, 0.3) is 22.2 Å². The highest BCUT2D eigenvalue weighted by Gasteiger charge is 2.23. The summed E-state index contributed by atoms with van der Waals surface area (Å²) < 4.78 is 5.92. The number of nitrogens with one attached hydrogen (secondary N) is 1. The van der Waals surface area contributed by atoms with Crippen molar-refractivity contribution in [3.63, 3.8) is 0 Å². The van der Waals surface area contributed by atoms with Crippen LogP contribution in [0.2, 0.25) is 5.02 Å². The summed E-state index contributed by atoms with van der Waals surface area (Å²) in [7, 11) is 0. The molecule has 0 amide bonds. The highest BCUT2D eigenvalue weighted by Crippen LogP contribution is 2.31. The first-order valence-electron chi connectivity index (χ1n) is 13.1. The SMILES string of the molecule is CCC(C)c1ccc(Nc2nc(CN3CC(C)OC(C)C3)nc3cc(-c4ncccc4Cl)ccc23)cc1. The lowest BCUT2D eigenvalue weighted by Crippen LogP contribution is -2.45. The number of ether oxygens (including phenoxy) is 1. The lowest BCUT2D eigenvalue weighted by Gasteiger charge is -2.34. The van der Waals surface area contributed by atoms with Gasteiger partial charge in [-0.3, -0.25) is 9.88 Å². The zero-order valence-corrected chi connectivity index (χ0v) is 22.7. The Morgan fingerprint density at radius 3 is 2.51 bits per heavy atom. The summed E-state index contributed by atoms with van der Waals surface area (Å²) in [6.07, 6.45) is 3.24. The van der Waals surface area contributed by atoms with Crippen molar-refractivity contribution < 1.29 is 4.74 Å². The molecule has 3 unspecified atom stereocenters. The van der Waals surface area contributed by atoms with Gasteiger partial charge in [0.15, 0.2) is 0 Å². The maximum atomic E-state index is 6.46. The normalized spacial score (nSPS) is 19.2. The number of hydrogen-bond donors (Lipinski definition) is 1. The Kier molecular flexibility index (Phi) is 7.70. The van der Waals surface area contributed by atoms with Gasteiger partial charge in [-0.2, -0.15) is 0 Å². The number of anilines is 2. The third-order valence-electron chi connectivity index (χ3n) is 6.99. The first-order chi connectivity index (χ1) is 17.9. The number of morpholine rings is 1. The van der Waals surface area contributed by atoms with Gasteiger partial charge in [0.2, 0.25) is 0 Å². The van der Waals surface area contributed by atoms with Crippen molar-refractivity contribution in [1.29, 1.82) is 0 Å². The molecule has 1 fully saturated rings. The Balaban J connectivity index is 1.53. The second-order valence-electron chi connectivity index (χ2n) is 10.1. The predicted molar refractivity (Wildman–Crippen MR) is 151 cm³/mol. The largest absolute Gasteiger partial charge is 0.373 e. The van der Waals surface area contributed by atoms with E-state index in [2.05, 4.69) is 73.2 Å². The fourth-order valence-corrected chi connectivity index (χ4v) is 5.20. The zero-order chi connectivity index (χ0) is 25.9. The third-order valence-corrected chi connectivity index (χ3v) is 7.30. The lowest BCUT2D eigenvalue weighted by molar-refractivity contribution is -0.0710. The fourth-order valence-electron chi connectivity index (χ4n) is 4.97. The Bertz CT molecular complexity index is 1370. The molecule has 192 valence electrons. The van der Waals surface area contributed by atoms with Gasteiger partial charge in [-0.25, -0.2) is 9.97 Å². The Labute approximate surface area is 224 Å². The van der Waals surface area contributed by atoms with E-state index in [1.165, 1.54) is 5.56 Å². The van der Waals surface area contributed by atoms with Crippen LogP contribution >= 0.6 is 11.6 Å². The summed E-state index contributed by atoms with van der Waals surface area (Å²) >= 11 is 6.46. The Morgan fingerprint density at radius 1 is 1.05 bits per heavy atom. The molecule has 6 nitrogen and oxygen atoms in total. The zero-order valence-electron chi connectivity index (χ0n) is 21.9. The van der Waals surface area contributed by atoms with Crippen LogP contribution in [0.1, 0.15) is 51.4 Å². The molecule has 37 heavy (non-hydrogen) atoms. The summed E-state index contributed by atoms with van der Waals surface area (Å²) in [6.45, 7) is 11.1. The molecule has 2 aromatic carbocycles. The van der Waals surface area contributed by atoms with E-state index in [-0.39, 0.29) is 12.2 Å². The summed E-state index contributed by atoms with van der Waals surface area (Å²) in [4.78, 5) is 16.8. The maximum Gasteiger partial charge on any atom is 0.145 e. The minimum Gasteiger partial charge on any atom is -0.373 e. The van der Waals surface area contributed by atoms with Gasteiger partial charge < -0.3 is 10.1 Å². The first kappa shape index (κ1) is 25.6. The standard InChI is InChI=1S/C30H34ClN5O/c1-5-19(2)22-8-11-24(12-9-22)33-30-25-13-10-23(29-26(31)7-6-14-32-29)15-27(25)34-28(35-30)18-36-16-20(3)37-21(4)17-36/h6-15,19-21H,5,16-18H2,1-4H3,(H,33,34,35). The van der Waals surface area contributed by atoms with Crippen LogP contribution in [0.3, 0.4) is 0 Å². The highest BCUT2D eigenvalue weighted by atomic mass is 35.5. The summed E-state index contributed by atoms with van der Waals surface area (Å²) in [5, 5.41) is 5.13. The van der Waals surface area contributed by atoms with Crippen molar-refractivity contribution in [2.75, 3.05) is 18.4 Å². The molecule has 1 aliphatic heterocycles. The first-order valence-corrected chi connectivity index (χ1v) is 13.4. The van der Waals surface area contributed by atoms with Crippen molar-refractivity contribution in [3.8, 4) is 11.3 Å². The van der Waals surface area contributed by atoms with Gasteiger partial charge in [0.1, 0.15) is 11.6 Å². The predicted octanol–water partition coefficient (Wildman–Crippen LogP) is 7.21. The minimum absolute atomic E-state index is 0.184. The molecule has 3 heterocycles. The molecular weight excluding hydrogens is 482 g/mol. The van der Waals surface area contributed by atoms with Gasteiger partial charge in [0.25, 0.3) is 0 Å². The Hall–Kier alpha value is -3.06. The molecule has 1 saturated heterocycles. The number of benzene rings is 2. The molecule has 7 heteroatoms. The van der Waals surface area contributed by atoms with Crippen molar-refractivity contribution >= 4 is 34.0 Å². The molecule has 5 rings (SSSR count). The van der Waals surface area contributed by atoms with E-state index in [4.69, 9.17) is 26.3 Å². The number of rotatable bonds is 7. The molecule has 1 N–H and O–H groups in total. The highest BCUT2D eigenvalue weighted by molar-refractivity contribution is 6.33. The van der Waals surface area contributed by atoms with Crippen LogP contribution in [0.15, 0.2) is 60.8 Å². The van der Waals surface area contributed by atoms with E-state index >= 15 is 0 Å². The molecule has 4 aromatic rings. The van der Waals surface area contributed by atoms with Crippen LogP contribution in [0, 0.1) is 0 Å². The summed E-state index contributed by atoms with van der Waals surface area (Å²) in [5.74, 6) is 2.11. The number of nitrogens with zero attached hydrogens (tertiary/aromatic N) is 4. The summed E-state index contributed by atoms with van der Waals surface area (Å²) in [5.41, 5.74) is 4.88. The number of halogens is 1. The number of pyridine rings is 1. The molecule has 0 bridgehead atoms. The van der Waals surface area contributed by atoms with E-state index in [0.717, 1.165) is 59.0 Å². The Morgan fingerprint density at radius 2 is 1.81 bits per heavy atom. The monoisotopic (exact) mass is 515 g/mol. The summed E-state index contributed by atoms with van der Waals surface area (Å²) in [6, 6.07) is 18.5. The van der Waals surface area contributed by atoms with Gasteiger partial charge in [0, 0.05) is 35.9 Å². The van der Waals surface area contributed by atoms with Gasteiger partial charge >= 0.3 is 0 Å². The molecule has 0 aliphatic carbocycles. The molecule has 1 aliphatic rings. The smallest absolute Gasteiger partial charge is 0.145 e. The van der Waals surface area contributed by atoms with Crippen LogP contribution in [0.4, 0.5) is 11.5 Å². The molecule has 3 atom stereocenters. The van der Waals surface area contributed by atoms with E-state index in [9.17, 15) is 0 Å². The van der Waals surface area contributed by atoms with Gasteiger partial charge in [-0.15, -0.1) is 0 Å². The maximum absolute atomic E-state index is 6.46. The van der Waals surface area contributed by atoms with Crippen LogP contribution < -0.4 is 5.32 Å². The second-order valence-corrected chi connectivity index (χ2v) is 10.5. The van der Waals surface area contributed by atoms with Crippen molar-refractivity contribution in [2.45, 2.75) is 58.8 Å². The average molecular weight is 516 g/mol. The third kappa shape index (κ3) is 5.93. The number of aromatic nitrogens is 3.